The number of aliphatic hydroxyl groups excluding tert-OH is 3. The average molecular weight is 595 g/mol. The quantitative estimate of drug-likeness (QED) is 0.0858. The maximum Gasteiger partial charge on any atom is 0.334 e. The van der Waals surface area contributed by atoms with Gasteiger partial charge in [-0.3, -0.25) is 0 Å². The van der Waals surface area contributed by atoms with E-state index in [2.05, 4.69) is 6.92 Å². The molecule has 0 aromatic rings. The molecule has 0 aromatic heterocycles. The second kappa shape index (κ2) is 20.1. The molecule has 3 aliphatic rings. The lowest BCUT2D eigenvalue weighted by Gasteiger charge is -2.24. The largest absolute Gasteiger partial charge is 0.455 e. The molecular weight excluding hydrogens is 532 g/mol. The molecule has 7 nitrogen and oxygen atoms in total. The first kappa shape index (κ1) is 35.5. The van der Waals surface area contributed by atoms with Crippen molar-refractivity contribution in [2.45, 2.75) is 204 Å². The molecule has 8 atom stereocenters. The Balaban J connectivity index is 1.18. The van der Waals surface area contributed by atoms with Gasteiger partial charge in [-0.2, -0.15) is 0 Å². The van der Waals surface area contributed by atoms with Crippen molar-refractivity contribution in [3.63, 3.8) is 0 Å². The lowest BCUT2D eigenvalue weighted by atomic mass is 9.99. The SMILES string of the molecule is CCCCCCCCCCCCCC[C@@H](O)[C@H]1CC[C@H]([C@H]2CC[C@H]([C@H](O)CCCC[C@@H](O)CC3=C[C@H](C)OC3=O)O2)O1. The van der Waals surface area contributed by atoms with Crippen molar-refractivity contribution in [3.8, 4) is 0 Å². The summed E-state index contributed by atoms with van der Waals surface area (Å²) in [6, 6.07) is 0. The molecule has 3 aliphatic heterocycles. The molecule has 0 aliphatic carbocycles. The van der Waals surface area contributed by atoms with Gasteiger partial charge in [0.2, 0.25) is 0 Å². The predicted octanol–water partition coefficient (Wildman–Crippen LogP) is 7.08. The topological polar surface area (TPSA) is 105 Å². The molecule has 3 heterocycles. The molecule has 3 N–H and O–H groups in total. The highest BCUT2D eigenvalue weighted by Crippen LogP contribution is 2.34. The van der Waals surface area contributed by atoms with E-state index >= 15 is 0 Å². The van der Waals surface area contributed by atoms with Crippen LogP contribution in [0.5, 0.6) is 0 Å². The van der Waals surface area contributed by atoms with E-state index in [0.29, 0.717) is 24.8 Å². The number of ether oxygens (including phenoxy) is 3. The lowest BCUT2D eigenvalue weighted by molar-refractivity contribution is -0.139. The Morgan fingerprint density at radius 3 is 1.62 bits per heavy atom. The third kappa shape index (κ3) is 12.9. The zero-order chi connectivity index (χ0) is 30.2. The van der Waals surface area contributed by atoms with Crippen LogP contribution in [0.25, 0.3) is 0 Å². The number of cyclic esters (lactones) is 1. The van der Waals surface area contributed by atoms with Gasteiger partial charge in [0.15, 0.2) is 0 Å². The molecule has 244 valence electrons. The van der Waals surface area contributed by atoms with E-state index in [1.807, 2.05) is 6.92 Å². The summed E-state index contributed by atoms with van der Waals surface area (Å²) >= 11 is 0. The first-order valence-corrected chi connectivity index (χ1v) is 17.6. The van der Waals surface area contributed by atoms with Crippen LogP contribution in [0.4, 0.5) is 0 Å². The summed E-state index contributed by atoms with van der Waals surface area (Å²) in [6.07, 6.45) is 23.2. The van der Waals surface area contributed by atoms with Gasteiger partial charge >= 0.3 is 5.97 Å². The standard InChI is InChI=1S/C35H62O7/c1-3-4-5-6-7-8-9-10-11-12-13-14-18-29(37)31-20-22-33(41-31)34-23-21-32(42-34)30(38)19-16-15-17-28(36)25-27-24-26(2)40-35(27)39/h24,26,28-34,36-38H,3-23,25H2,1-2H3/t26-,28+,29+,30+,31+,32+,33+,34+/m0/s1. The molecule has 0 spiro atoms. The summed E-state index contributed by atoms with van der Waals surface area (Å²) in [6.45, 7) is 4.08. The molecule has 0 saturated carbocycles. The van der Waals surface area contributed by atoms with E-state index in [1.54, 1.807) is 6.08 Å². The molecule has 2 saturated heterocycles. The summed E-state index contributed by atoms with van der Waals surface area (Å²) in [5.41, 5.74) is 0.564. The Kier molecular flexibility index (Phi) is 17.0. The highest BCUT2D eigenvalue weighted by atomic mass is 16.6. The van der Waals surface area contributed by atoms with Crippen LogP contribution in [0.2, 0.25) is 0 Å². The Bertz CT molecular complexity index is 770. The van der Waals surface area contributed by atoms with E-state index in [-0.39, 0.29) is 36.5 Å². The fourth-order valence-corrected chi connectivity index (χ4v) is 6.93. The molecule has 2 fully saturated rings. The second-order valence-corrected chi connectivity index (χ2v) is 13.3. The lowest BCUT2D eigenvalue weighted by Crippen LogP contribution is -2.33. The van der Waals surface area contributed by atoms with Crippen molar-refractivity contribution in [1.82, 2.24) is 0 Å². The van der Waals surface area contributed by atoms with E-state index in [4.69, 9.17) is 14.2 Å². The number of rotatable bonds is 23. The average Bonchev–Trinajstić information content (AvgIpc) is 3.72. The molecule has 0 aromatic carbocycles. The van der Waals surface area contributed by atoms with E-state index < -0.39 is 18.3 Å². The number of unbranched alkanes of at least 4 members (excludes halogenated alkanes) is 12. The smallest absolute Gasteiger partial charge is 0.334 e. The molecule has 42 heavy (non-hydrogen) atoms. The number of carbonyl (C=O) groups excluding carboxylic acids is 1. The molecule has 7 heteroatoms. The van der Waals surface area contributed by atoms with Crippen LogP contribution in [-0.2, 0) is 19.0 Å². The van der Waals surface area contributed by atoms with E-state index in [9.17, 15) is 20.1 Å². The number of hydrogen-bond acceptors (Lipinski definition) is 7. The molecule has 3 rings (SSSR count). The number of hydrogen-bond donors (Lipinski definition) is 3. The van der Waals surface area contributed by atoms with Crippen molar-refractivity contribution in [3.05, 3.63) is 11.6 Å². The Morgan fingerprint density at radius 2 is 1.14 bits per heavy atom. The van der Waals surface area contributed by atoms with Crippen LogP contribution in [0.1, 0.15) is 155 Å². The summed E-state index contributed by atoms with van der Waals surface area (Å²) in [4.78, 5) is 11.7. The van der Waals surface area contributed by atoms with Crippen molar-refractivity contribution in [1.29, 1.82) is 0 Å². The van der Waals surface area contributed by atoms with Crippen LogP contribution in [0, 0.1) is 0 Å². The zero-order valence-corrected chi connectivity index (χ0v) is 26.7. The Morgan fingerprint density at radius 1 is 0.690 bits per heavy atom. The maximum absolute atomic E-state index is 11.7. The molecule has 0 unspecified atom stereocenters. The third-order valence-corrected chi connectivity index (χ3v) is 9.53. The van der Waals surface area contributed by atoms with Crippen LogP contribution in [0.3, 0.4) is 0 Å². The number of aliphatic hydroxyl groups is 3. The highest BCUT2D eigenvalue weighted by Gasteiger charge is 2.40. The summed E-state index contributed by atoms with van der Waals surface area (Å²) in [5, 5.41) is 31.7. The minimum Gasteiger partial charge on any atom is -0.455 e. The molecule has 0 amide bonds. The Hall–Kier alpha value is -0.990. The van der Waals surface area contributed by atoms with E-state index in [0.717, 1.165) is 51.4 Å². The minimum absolute atomic E-state index is 0.00264. The summed E-state index contributed by atoms with van der Waals surface area (Å²) in [7, 11) is 0. The van der Waals surface area contributed by atoms with Gasteiger partial charge in [0.25, 0.3) is 0 Å². The van der Waals surface area contributed by atoms with Gasteiger partial charge in [-0.1, -0.05) is 96.8 Å². The number of carbonyl (C=O) groups is 1. The van der Waals surface area contributed by atoms with E-state index in [1.165, 1.54) is 70.6 Å². The van der Waals surface area contributed by atoms with Gasteiger partial charge in [-0.05, 0) is 57.9 Å². The van der Waals surface area contributed by atoms with Crippen LogP contribution in [-0.4, -0.2) is 70.1 Å². The molecule has 0 bridgehead atoms. The first-order chi connectivity index (χ1) is 20.4. The van der Waals surface area contributed by atoms with Crippen LogP contribution in [0.15, 0.2) is 11.6 Å². The van der Waals surface area contributed by atoms with Gasteiger partial charge in [0.05, 0.1) is 42.7 Å². The first-order valence-electron chi connectivity index (χ1n) is 17.6. The van der Waals surface area contributed by atoms with Gasteiger partial charge in [0.1, 0.15) is 6.10 Å². The normalized spacial score (nSPS) is 28.2. The predicted molar refractivity (Wildman–Crippen MR) is 166 cm³/mol. The molecular formula is C35H62O7. The third-order valence-electron chi connectivity index (χ3n) is 9.53. The maximum atomic E-state index is 11.7. The van der Waals surface area contributed by atoms with Crippen molar-refractivity contribution < 1.29 is 34.3 Å². The zero-order valence-electron chi connectivity index (χ0n) is 26.7. The summed E-state index contributed by atoms with van der Waals surface area (Å²) in [5.74, 6) is -0.323. The fraction of sp³-hybridized carbons (Fsp3) is 0.914. The fourth-order valence-electron chi connectivity index (χ4n) is 6.93. The Labute approximate surface area is 255 Å². The van der Waals surface area contributed by atoms with Gasteiger partial charge in [0, 0.05) is 12.0 Å². The molecule has 0 radical (unpaired) electrons. The minimum atomic E-state index is -0.569. The highest BCUT2D eigenvalue weighted by molar-refractivity contribution is 5.90. The monoisotopic (exact) mass is 594 g/mol. The van der Waals surface area contributed by atoms with Crippen molar-refractivity contribution >= 4 is 5.97 Å². The van der Waals surface area contributed by atoms with Gasteiger partial charge in [-0.25, -0.2) is 4.79 Å². The summed E-state index contributed by atoms with van der Waals surface area (Å²) < 4.78 is 17.6. The van der Waals surface area contributed by atoms with Crippen molar-refractivity contribution in [2.75, 3.05) is 0 Å². The van der Waals surface area contributed by atoms with Gasteiger partial charge in [-0.15, -0.1) is 0 Å². The van der Waals surface area contributed by atoms with Crippen molar-refractivity contribution in [2.24, 2.45) is 0 Å². The number of esters is 1. The second-order valence-electron chi connectivity index (χ2n) is 13.3. The van der Waals surface area contributed by atoms with Gasteiger partial charge < -0.3 is 29.5 Å². The van der Waals surface area contributed by atoms with Crippen LogP contribution < -0.4 is 0 Å². The van der Waals surface area contributed by atoms with Crippen LogP contribution >= 0.6 is 0 Å².